The Labute approximate surface area is 208 Å². The molecule has 2 N–H and O–H groups in total. The van der Waals surface area contributed by atoms with Crippen molar-refractivity contribution in [3.63, 3.8) is 0 Å². The second kappa shape index (κ2) is 9.25. The monoisotopic (exact) mass is 477 g/mol. The average Bonchev–Trinajstić information content (AvgIpc) is 3.54. The van der Waals surface area contributed by atoms with Gasteiger partial charge >= 0.3 is 0 Å². The van der Waals surface area contributed by atoms with E-state index in [1.165, 1.54) is 19.3 Å². The summed E-state index contributed by atoms with van der Waals surface area (Å²) in [5.41, 5.74) is 1.55. The lowest BCUT2D eigenvalue weighted by Gasteiger charge is -2.56. The van der Waals surface area contributed by atoms with Crippen molar-refractivity contribution in [3.8, 4) is 0 Å². The molecule has 6 aliphatic rings. The molecule has 1 aromatic carbocycles. The maximum atomic E-state index is 13.9. The lowest BCUT2D eigenvalue weighted by atomic mass is 9.49. The molecule has 35 heavy (non-hydrogen) atoms. The molecule has 7 rings (SSSR count). The number of carbonyl (C=O) groups excluding carboxylic acids is 3. The number of nitrogens with zero attached hydrogens (tertiary/aromatic N) is 1. The molecule has 188 valence electrons. The first-order chi connectivity index (χ1) is 17.0. The van der Waals surface area contributed by atoms with E-state index >= 15 is 0 Å². The van der Waals surface area contributed by atoms with Crippen molar-refractivity contribution in [2.24, 2.45) is 29.1 Å². The van der Waals surface area contributed by atoms with Crippen LogP contribution in [0, 0.1) is 29.1 Å². The summed E-state index contributed by atoms with van der Waals surface area (Å²) in [5, 5.41) is 6.14. The van der Waals surface area contributed by atoms with Crippen LogP contribution in [0.3, 0.4) is 0 Å². The Morgan fingerprint density at radius 1 is 0.886 bits per heavy atom. The highest BCUT2D eigenvalue weighted by Gasteiger charge is 2.56. The minimum atomic E-state index is -0.347. The maximum Gasteiger partial charge on any atom is 0.243 e. The molecule has 0 radical (unpaired) electrons. The smallest absolute Gasteiger partial charge is 0.243 e. The molecule has 4 bridgehead atoms. The Balaban J connectivity index is 1.07. The highest BCUT2D eigenvalue weighted by molar-refractivity contribution is 5.93. The third kappa shape index (κ3) is 4.49. The summed E-state index contributed by atoms with van der Waals surface area (Å²) in [6, 6.07) is 7.39. The molecular formula is C29H39N3O3. The number of hydrogen-bond acceptors (Lipinski definition) is 3. The molecule has 1 atom stereocenters. The van der Waals surface area contributed by atoms with Gasteiger partial charge in [0.2, 0.25) is 17.7 Å². The fourth-order valence-corrected chi connectivity index (χ4v) is 8.46. The van der Waals surface area contributed by atoms with Crippen LogP contribution >= 0.6 is 0 Å². The standard InChI is InChI=1S/C29H39N3O3/c33-26(23-6-1-2-7-23)31-24-8-3-5-19(14-24)18-30-27(34)25-9-4-10-32(25)28(35)29-15-20-11-21(16-29)13-22(12-20)17-29/h3,5,8,14,20-23,25H,1-2,4,6-7,9-13,15-18H2,(H,30,34)(H,31,33). The molecule has 1 aliphatic heterocycles. The fraction of sp³-hybridized carbons (Fsp3) is 0.690. The summed E-state index contributed by atoms with van der Waals surface area (Å²) >= 11 is 0. The van der Waals surface area contributed by atoms with E-state index in [2.05, 4.69) is 10.6 Å². The molecule has 0 aromatic heterocycles. The van der Waals surface area contributed by atoms with Crippen LogP contribution in [0.5, 0.6) is 0 Å². The molecule has 0 spiro atoms. The molecule has 5 aliphatic carbocycles. The van der Waals surface area contributed by atoms with Gasteiger partial charge in [0.25, 0.3) is 0 Å². The summed E-state index contributed by atoms with van der Waals surface area (Å²) in [7, 11) is 0. The van der Waals surface area contributed by atoms with Crippen LogP contribution in [0.25, 0.3) is 0 Å². The van der Waals surface area contributed by atoms with E-state index in [4.69, 9.17) is 0 Å². The van der Waals surface area contributed by atoms with Gasteiger partial charge < -0.3 is 15.5 Å². The lowest BCUT2D eigenvalue weighted by molar-refractivity contribution is -0.160. The fourth-order valence-electron chi connectivity index (χ4n) is 8.46. The van der Waals surface area contributed by atoms with Gasteiger partial charge in [0, 0.05) is 24.7 Å². The highest BCUT2D eigenvalue weighted by Crippen LogP contribution is 2.60. The van der Waals surface area contributed by atoms with Gasteiger partial charge in [-0.15, -0.1) is 0 Å². The number of hydrogen-bond donors (Lipinski definition) is 2. The van der Waals surface area contributed by atoms with Gasteiger partial charge in [-0.05, 0) is 99.7 Å². The summed E-state index contributed by atoms with van der Waals surface area (Å²) < 4.78 is 0. The largest absolute Gasteiger partial charge is 0.350 e. The molecule has 6 fully saturated rings. The SMILES string of the molecule is O=C(Nc1cccc(CNC(=O)C2CCCN2C(=O)C23CC4CC(CC(C4)C2)C3)c1)C1CCCC1. The number of amides is 3. The zero-order valence-corrected chi connectivity index (χ0v) is 20.8. The predicted molar refractivity (Wildman–Crippen MR) is 134 cm³/mol. The van der Waals surface area contributed by atoms with Gasteiger partial charge in [-0.25, -0.2) is 0 Å². The van der Waals surface area contributed by atoms with E-state index in [1.54, 1.807) is 0 Å². The van der Waals surface area contributed by atoms with Gasteiger partial charge in [-0.2, -0.15) is 0 Å². The first kappa shape index (κ1) is 23.1. The van der Waals surface area contributed by atoms with Crippen LogP contribution in [0.4, 0.5) is 5.69 Å². The van der Waals surface area contributed by atoms with Crippen molar-refractivity contribution in [1.29, 1.82) is 0 Å². The minimum absolute atomic E-state index is 0.0408. The van der Waals surface area contributed by atoms with E-state index in [0.717, 1.165) is 86.8 Å². The van der Waals surface area contributed by atoms with E-state index in [0.29, 0.717) is 13.1 Å². The third-order valence-electron chi connectivity index (χ3n) is 9.70. The maximum absolute atomic E-state index is 13.9. The Morgan fingerprint density at radius 3 is 2.26 bits per heavy atom. The van der Waals surface area contributed by atoms with Crippen LogP contribution in [-0.2, 0) is 20.9 Å². The summed E-state index contributed by atoms with van der Waals surface area (Å²) in [6.07, 6.45) is 12.9. The van der Waals surface area contributed by atoms with E-state index in [-0.39, 0.29) is 35.1 Å². The number of rotatable bonds is 6. The van der Waals surface area contributed by atoms with Crippen molar-refractivity contribution in [2.45, 2.75) is 89.6 Å². The molecule has 5 saturated carbocycles. The first-order valence-electron chi connectivity index (χ1n) is 14.0. The van der Waals surface area contributed by atoms with Crippen molar-refractivity contribution >= 4 is 23.4 Å². The number of benzene rings is 1. The minimum Gasteiger partial charge on any atom is -0.350 e. The topological polar surface area (TPSA) is 78.5 Å². The zero-order valence-electron chi connectivity index (χ0n) is 20.8. The Bertz CT molecular complexity index is 963. The first-order valence-corrected chi connectivity index (χ1v) is 14.0. The van der Waals surface area contributed by atoms with Crippen molar-refractivity contribution in [3.05, 3.63) is 29.8 Å². The molecule has 1 heterocycles. The summed E-state index contributed by atoms with van der Waals surface area (Å²) in [6.45, 7) is 1.11. The lowest BCUT2D eigenvalue weighted by Crippen LogP contribution is -2.57. The summed E-state index contributed by atoms with van der Waals surface area (Å²) in [4.78, 5) is 41.5. The Hall–Kier alpha value is -2.37. The van der Waals surface area contributed by atoms with E-state index < -0.39 is 0 Å². The van der Waals surface area contributed by atoms with Crippen molar-refractivity contribution < 1.29 is 14.4 Å². The molecule has 1 aromatic rings. The van der Waals surface area contributed by atoms with Crippen LogP contribution in [-0.4, -0.2) is 35.2 Å². The molecular weight excluding hydrogens is 438 g/mol. The number of nitrogens with one attached hydrogen (secondary N) is 2. The van der Waals surface area contributed by atoms with Crippen LogP contribution in [0.2, 0.25) is 0 Å². The predicted octanol–water partition coefficient (Wildman–Crippen LogP) is 4.64. The van der Waals surface area contributed by atoms with Gasteiger partial charge in [0.05, 0.1) is 5.41 Å². The quantitative estimate of drug-likeness (QED) is 0.627. The van der Waals surface area contributed by atoms with Gasteiger partial charge in [-0.1, -0.05) is 25.0 Å². The number of anilines is 1. The number of likely N-dealkylation sites (tertiary alicyclic amines) is 1. The molecule has 1 saturated heterocycles. The Kier molecular flexibility index (Phi) is 6.10. The van der Waals surface area contributed by atoms with E-state index in [9.17, 15) is 14.4 Å². The van der Waals surface area contributed by atoms with Gasteiger partial charge in [-0.3, -0.25) is 14.4 Å². The second-order valence-corrected chi connectivity index (χ2v) is 12.2. The van der Waals surface area contributed by atoms with Crippen LogP contribution in [0.15, 0.2) is 24.3 Å². The van der Waals surface area contributed by atoms with E-state index in [1.807, 2.05) is 29.2 Å². The van der Waals surface area contributed by atoms with Gasteiger partial charge in [0.15, 0.2) is 0 Å². The van der Waals surface area contributed by atoms with Crippen molar-refractivity contribution in [1.82, 2.24) is 10.2 Å². The van der Waals surface area contributed by atoms with Crippen LogP contribution < -0.4 is 10.6 Å². The zero-order chi connectivity index (χ0) is 24.0. The second-order valence-electron chi connectivity index (χ2n) is 12.2. The highest BCUT2D eigenvalue weighted by atomic mass is 16.2. The average molecular weight is 478 g/mol. The third-order valence-corrected chi connectivity index (χ3v) is 9.70. The molecule has 3 amide bonds. The van der Waals surface area contributed by atoms with Gasteiger partial charge in [0.1, 0.15) is 6.04 Å². The molecule has 6 heteroatoms. The van der Waals surface area contributed by atoms with Crippen LogP contribution in [0.1, 0.15) is 82.6 Å². The van der Waals surface area contributed by atoms with Crippen molar-refractivity contribution in [2.75, 3.05) is 11.9 Å². The molecule has 6 nitrogen and oxygen atoms in total. The Morgan fingerprint density at radius 2 is 1.57 bits per heavy atom. The molecule has 1 unspecified atom stereocenters. The number of carbonyl (C=O) groups is 3. The summed E-state index contributed by atoms with van der Waals surface area (Å²) in [5.74, 6) is 2.63. The normalized spacial score (nSPS) is 33.8.